The summed E-state index contributed by atoms with van der Waals surface area (Å²) in [5.74, 6) is -0.935. The molecule has 0 aromatic rings. The number of nitrogens with zero attached hydrogens (tertiary/aromatic N) is 2. The van der Waals surface area contributed by atoms with Crippen molar-refractivity contribution in [3.8, 4) is 0 Å². The van der Waals surface area contributed by atoms with Crippen molar-refractivity contribution in [1.29, 1.82) is 0 Å². The van der Waals surface area contributed by atoms with Gasteiger partial charge < -0.3 is 14.9 Å². The highest BCUT2D eigenvalue weighted by molar-refractivity contribution is 5.82. The van der Waals surface area contributed by atoms with Crippen LogP contribution in [0.4, 0.5) is 4.79 Å². The average Bonchev–Trinajstić information content (AvgIpc) is 2.76. The van der Waals surface area contributed by atoms with Gasteiger partial charge in [-0.25, -0.2) is 9.59 Å². The summed E-state index contributed by atoms with van der Waals surface area (Å²) in [6.07, 6.45) is 3.41. The molecule has 1 aliphatic heterocycles. The summed E-state index contributed by atoms with van der Waals surface area (Å²) in [5, 5.41) is 9.05. The van der Waals surface area contributed by atoms with Gasteiger partial charge in [0.25, 0.3) is 0 Å². The quantitative estimate of drug-likeness (QED) is 0.817. The van der Waals surface area contributed by atoms with Gasteiger partial charge in [-0.15, -0.1) is 0 Å². The Balaban J connectivity index is 2.71. The summed E-state index contributed by atoms with van der Waals surface area (Å²) in [6.45, 7) is 4.59. The fraction of sp³-hybridized carbons (Fsp3) is 0.833. The van der Waals surface area contributed by atoms with E-state index in [1.807, 2.05) is 4.90 Å². The number of carboxylic acids is 1. The largest absolute Gasteiger partial charge is 0.480 e. The molecule has 5 heteroatoms. The van der Waals surface area contributed by atoms with Gasteiger partial charge in [-0.3, -0.25) is 0 Å². The number of rotatable bonds is 4. The third-order valence-electron chi connectivity index (χ3n) is 3.54. The molecular weight excluding hydrogens is 220 g/mol. The van der Waals surface area contributed by atoms with Gasteiger partial charge >= 0.3 is 12.0 Å². The van der Waals surface area contributed by atoms with Crippen molar-refractivity contribution in [3.63, 3.8) is 0 Å². The van der Waals surface area contributed by atoms with Crippen molar-refractivity contribution in [2.24, 2.45) is 0 Å². The zero-order valence-corrected chi connectivity index (χ0v) is 10.8. The lowest BCUT2D eigenvalue weighted by molar-refractivity contribution is -0.142. The molecule has 1 N–H and O–H groups in total. The lowest BCUT2D eigenvalue weighted by Crippen LogP contribution is -2.50. The first-order chi connectivity index (χ1) is 8.02. The van der Waals surface area contributed by atoms with Crippen LogP contribution in [0.1, 0.15) is 39.5 Å². The Kier molecular flexibility index (Phi) is 4.78. The van der Waals surface area contributed by atoms with Gasteiger partial charge in [-0.2, -0.15) is 0 Å². The van der Waals surface area contributed by atoms with E-state index in [1.54, 1.807) is 14.0 Å². The molecule has 0 bridgehead atoms. The maximum absolute atomic E-state index is 12.2. The molecule has 0 saturated carbocycles. The molecule has 0 radical (unpaired) electrons. The molecule has 2 unspecified atom stereocenters. The average molecular weight is 242 g/mol. The monoisotopic (exact) mass is 242 g/mol. The third-order valence-corrected chi connectivity index (χ3v) is 3.54. The van der Waals surface area contributed by atoms with E-state index in [0.717, 1.165) is 25.8 Å². The fourth-order valence-electron chi connectivity index (χ4n) is 2.46. The number of carbonyl (C=O) groups excluding carboxylic acids is 1. The van der Waals surface area contributed by atoms with Crippen LogP contribution in [0.15, 0.2) is 0 Å². The summed E-state index contributed by atoms with van der Waals surface area (Å²) in [6, 6.07) is -0.597. The molecule has 1 heterocycles. The third kappa shape index (κ3) is 2.90. The van der Waals surface area contributed by atoms with Crippen molar-refractivity contribution in [3.05, 3.63) is 0 Å². The van der Waals surface area contributed by atoms with Crippen LogP contribution in [0.2, 0.25) is 0 Å². The van der Waals surface area contributed by atoms with Crippen LogP contribution in [0, 0.1) is 0 Å². The second kappa shape index (κ2) is 5.89. The van der Waals surface area contributed by atoms with Gasteiger partial charge in [0.15, 0.2) is 0 Å². The number of aliphatic carboxylic acids is 1. The Morgan fingerprint density at radius 3 is 2.59 bits per heavy atom. The number of likely N-dealkylation sites (tertiary alicyclic amines) is 1. The van der Waals surface area contributed by atoms with Gasteiger partial charge in [-0.1, -0.05) is 13.8 Å². The van der Waals surface area contributed by atoms with Crippen molar-refractivity contribution >= 4 is 12.0 Å². The Morgan fingerprint density at radius 2 is 2.12 bits per heavy atom. The zero-order chi connectivity index (χ0) is 13.0. The SMILES string of the molecule is CCC(C(=O)O)N(C)C(=O)N1CCCC1CC. The highest BCUT2D eigenvalue weighted by Gasteiger charge is 2.33. The van der Waals surface area contributed by atoms with Crippen LogP contribution in [0.25, 0.3) is 0 Å². The van der Waals surface area contributed by atoms with Gasteiger partial charge in [0.1, 0.15) is 6.04 Å². The first-order valence-corrected chi connectivity index (χ1v) is 6.29. The van der Waals surface area contributed by atoms with Crippen molar-refractivity contribution < 1.29 is 14.7 Å². The molecule has 5 nitrogen and oxygen atoms in total. The van der Waals surface area contributed by atoms with Crippen molar-refractivity contribution in [1.82, 2.24) is 9.80 Å². The molecule has 2 amide bonds. The van der Waals surface area contributed by atoms with E-state index in [-0.39, 0.29) is 12.1 Å². The molecule has 98 valence electrons. The van der Waals surface area contributed by atoms with Crippen molar-refractivity contribution in [2.45, 2.75) is 51.6 Å². The van der Waals surface area contributed by atoms with Crippen LogP contribution in [-0.2, 0) is 4.79 Å². The number of amides is 2. The van der Waals surface area contributed by atoms with E-state index in [2.05, 4.69) is 6.92 Å². The summed E-state index contributed by atoms with van der Waals surface area (Å²) in [7, 11) is 1.58. The number of hydrogen-bond donors (Lipinski definition) is 1. The number of carbonyl (C=O) groups is 2. The molecular formula is C12H22N2O3. The van der Waals surface area contributed by atoms with E-state index in [9.17, 15) is 9.59 Å². The molecule has 1 aliphatic rings. The topological polar surface area (TPSA) is 60.9 Å². The fourth-order valence-corrected chi connectivity index (χ4v) is 2.46. The maximum atomic E-state index is 12.2. The summed E-state index contributed by atoms with van der Waals surface area (Å²) in [5.41, 5.74) is 0. The summed E-state index contributed by atoms with van der Waals surface area (Å²) in [4.78, 5) is 26.4. The van der Waals surface area contributed by atoms with Gasteiger partial charge in [0.2, 0.25) is 0 Å². The molecule has 17 heavy (non-hydrogen) atoms. The van der Waals surface area contributed by atoms with E-state index in [1.165, 1.54) is 4.90 Å². The normalized spacial score (nSPS) is 21.4. The second-order valence-corrected chi connectivity index (χ2v) is 4.55. The molecule has 0 aromatic carbocycles. The van der Waals surface area contributed by atoms with Crippen LogP contribution in [-0.4, -0.2) is 52.6 Å². The minimum atomic E-state index is -0.935. The van der Waals surface area contributed by atoms with Crippen LogP contribution in [0.5, 0.6) is 0 Å². The standard InChI is InChI=1S/C12H22N2O3/c1-4-9-7-6-8-14(9)12(17)13(3)10(5-2)11(15)16/h9-10H,4-8H2,1-3H3,(H,15,16). The Morgan fingerprint density at radius 1 is 1.47 bits per heavy atom. The molecule has 1 saturated heterocycles. The molecule has 0 spiro atoms. The lowest BCUT2D eigenvalue weighted by atomic mass is 10.1. The van der Waals surface area contributed by atoms with Crippen LogP contribution >= 0.6 is 0 Å². The minimum Gasteiger partial charge on any atom is -0.480 e. The zero-order valence-electron chi connectivity index (χ0n) is 10.8. The lowest BCUT2D eigenvalue weighted by Gasteiger charge is -2.32. The maximum Gasteiger partial charge on any atom is 0.326 e. The minimum absolute atomic E-state index is 0.149. The highest BCUT2D eigenvalue weighted by Crippen LogP contribution is 2.22. The van der Waals surface area contributed by atoms with E-state index >= 15 is 0 Å². The summed E-state index contributed by atoms with van der Waals surface area (Å²) < 4.78 is 0. The summed E-state index contributed by atoms with van der Waals surface area (Å²) >= 11 is 0. The Hall–Kier alpha value is -1.26. The second-order valence-electron chi connectivity index (χ2n) is 4.55. The molecule has 0 aliphatic carbocycles. The number of likely N-dealkylation sites (N-methyl/N-ethyl adjacent to an activating group) is 1. The molecule has 1 fully saturated rings. The van der Waals surface area contributed by atoms with Gasteiger partial charge in [0.05, 0.1) is 0 Å². The van der Waals surface area contributed by atoms with Gasteiger partial charge in [-0.05, 0) is 25.7 Å². The first-order valence-electron chi connectivity index (χ1n) is 6.29. The Bertz CT molecular complexity index is 293. The van der Waals surface area contributed by atoms with E-state index < -0.39 is 12.0 Å². The van der Waals surface area contributed by atoms with E-state index in [4.69, 9.17) is 5.11 Å². The number of hydrogen-bond acceptors (Lipinski definition) is 2. The number of urea groups is 1. The van der Waals surface area contributed by atoms with E-state index in [0.29, 0.717) is 6.42 Å². The van der Waals surface area contributed by atoms with Gasteiger partial charge in [0, 0.05) is 19.6 Å². The first kappa shape index (κ1) is 13.8. The van der Waals surface area contributed by atoms with Crippen LogP contribution < -0.4 is 0 Å². The molecule has 1 rings (SSSR count). The Labute approximate surface area is 102 Å². The van der Waals surface area contributed by atoms with Crippen molar-refractivity contribution in [2.75, 3.05) is 13.6 Å². The van der Waals surface area contributed by atoms with Crippen LogP contribution in [0.3, 0.4) is 0 Å². The number of carboxylic acid groups (broad SMARTS) is 1. The smallest absolute Gasteiger partial charge is 0.326 e. The highest BCUT2D eigenvalue weighted by atomic mass is 16.4. The predicted molar refractivity (Wildman–Crippen MR) is 64.9 cm³/mol. The molecule has 2 atom stereocenters. The predicted octanol–water partition coefficient (Wildman–Crippen LogP) is 1.78. The molecule has 0 aromatic heterocycles.